The summed E-state index contributed by atoms with van der Waals surface area (Å²) in [6, 6.07) is -0.0263. The Kier molecular flexibility index (Phi) is 4.31. The van der Waals surface area contributed by atoms with E-state index in [-0.39, 0.29) is 6.00 Å². The lowest BCUT2D eigenvalue weighted by atomic mass is 9.81. The second-order valence-electron chi connectivity index (χ2n) is 4.35. The molecule has 2 radical (unpaired) electrons. The molecule has 0 bridgehead atoms. The zero-order chi connectivity index (χ0) is 9.84. The molecule has 2 heteroatoms. The number of rotatable bonds is 4. The molecule has 1 aliphatic heterocycles. The highest BCUT2D eigenvalue weighted by molar-refractivity contribution is 6.11. The minimum atomic E-state index is -0.0263. The molecule has 1 saturated heterocycles. The van der Waals surface area contributed by atoms with Gasteiger partial charge in [0.1, 0.15) is 7.85 Å². The summed E-state index contributed by atoms with van der Waals surface area (Å²) in [6.45, 7) is 6.68. The van der Waals surface area contributed by atoms with Crippen LogP contribution in [0.1, 0.15) is 46.5 Å². The van der Waals surface area contributed by atoms with Crippen LogP contribution in [0.15, 0.2) is 0 Å². The van der Waals surface area contributed by atoms with Gasteiger partial charge in [0.05, 0.1) is 6.10 Å². The lowest BCUT2D eigenvalue weighted by Gasteiger charge is -2.15. The van der Waals surface area contributed by atoms with Gasteiger partial charge in [0, 0.05) is 6.00 Å². The molecule has 74 valence electrons. The molecular formula is C11H21BO. The van der Waals surface area contributed by atoms with Crippen LogP contribution in [0.4, 0.5) is 0 Å². The Morgan fingerprint density at radius 1 is 1.15 bits per heavy atom. The lowest BCUT2D eigenvalue weighted by molar-refractivity contribution is 0.0644. The van der Waals surface area contributed by atoms with Crippen LogP contribution in [0, 0.1) is 11.8 Å². The predicted molar refractivity (Wildman–Crippen MR) is 56.9 cm³/mol. The first kappa shape index (κ1) is 11.1. The monoisotopic (exact) mass is 180 g/mol. The third kappa shape index (κ3) is 2.73. The van der Waals surface area contributed by atoms with Crippen molar-refractivity contribution in [3.8, 4) is 0 Å². The molecule has 0 amide bonds. The van der Waals surface area contributed by atoms with Gasteiger partial charge in [-0.15, -0.1) is 0 Å². The molecule has 1 nitrogen and oxygen atoms in total. The molecular weight excluding hydrogens is 159 g/mol. The molecule has 0 N–H and O–H groups in total. The summed E-state index contributed by atoms with van der Waals surface area (Å²) in [7, 11) is 5.84. The normalized spacial score (nSPS) is 39.6. The minimum absolute atomic E-state index is 0.0263. The predicted octanol–water partition coefficient (Wildman–Crippen LogP) is 2.73. The Balaban J connectivity index is 2.27. The Labute approximate surface area is 83.6 Å². The summed E-state index contributed by atoms with van der Waals surface area (Å²) in [4.78, 5) is 0. The smallest absolute Gasteiger partial charge is 0.109 e. The van der Waals surface area contributed by atoms with Crippen LogP contribution in [0.25, 0.3) is 0 Å². The largest absolute Gasteiger partial charge is 0.384 e. The molecule has 0 aromatic heterocycles. The highest BCUT2D eigenvalue weighted by Gasteiger charge is 2.35. The molecule has 0 spiro atoms. The van der Waals surface area contributed by atoms with Gasteiger partial charge in [-0.2, -0.15) is 0 Å². The molecule has 0 aromatic rings. The first-order valence-electron chi connectivity index (χ1n) is 5.57. The standard InChI is InChI=1S/C11H21BO/c1-4-5-6-7-10-8(2)9(3)11(12)13-10/h8-11H,4-7H2,1-3H3. The zero-order valence-electron chi connectivity index (χ0n) is 9.12. The van der Waals surface area contributed by atoms with Crippen molar-refractivity contribution < 1.29 is 4.74 Å². The lowest BCUT2D eigenvalue weighted by Crippen LogP contribution is -2.16. The number of unbranched alkanes of at least 4 members (excludes halogenated alkanes) is 2. The number of hydrogen-bond acceptors (Lipinski definition) is 1. The van der Waals surface area contributed by atoms with Crippen LogP contribution in [0.5, 0.6) is 0 Å². The highest BCUT2D eigenvalue weighted by Crippen LogP contribution is 2.33. The van der Waals surface area contributed by atoms with Gasteiger partial charge >= 0.3 is 0 Å². The van der Waals surface area contributed by atoms with E-state index in [1.54, 1.807) is 0 Å². The SMILES string of the molecule is [B]C1OC(CCCCC)C(C)C1C. The van der Waals surface area contributed by atoms with Crippen molar-refractivity contribution >= 4 is 7.85 Å². The Bertz CT molecular complexity index is 149. The molecule has 0 aliphatic carbocycles. The summed E-state index contributed by atoms with van der Waals surface area (Å²) in [5.41, 5.74) is 0. The fraction of sp³-hybridized carbons (Fsp3) is 1.00. The first-order chi connectivity index (χ1) is 6.16. The van der Waals surface area contributed by atoms with Gasteiger partial charge in [-0.3, -0.25) is 0 Å². The van der Waals surface area contributed by atoms with E-state index in [0.29, 0.717) is 17.9 Å². The van der Waals surface area contributed by atoms with E-state index in [4.69, 9.17) is 12.6 Å². The van der Waals surface area contributed by atoms with Crippen LogP contribution in [0.3, 0.4) is 0 Å². The number of ether oxygens (including phenoxy) is 1. The van der Waals surface area contributed by atoms with E-state index in [1.165, 1.54) is 25.7 Å². The van der Waals surface area contributed by atoms with Crippen LogP contribution < -0.4 is 0 Å². The Morgan fingerprint density at radius 3 is 2.31 bits per heavy atom. The van der Waals surface area contributed by atoms with Crippen molar-refractivity contribution in [3.05, 3.63) is 0 Å². The molecule has 1 rings (SSSR count). The van der Waals surface area contributed by atoms with Crippen LogP contribution >= 0.6 is 0 Å². The molecule has 0 aromatic carbocycles. The average molecular weight is 180 g/mol. The van der Waals surface area contributed by atoms with Crippen LogP contribution in [0.2, 0.25) is 0 Å². The summed E-state index contributed by atoms with van der Waals surface area (Å²) < 4.78 is 5.71. The van der Waals surface area contributed by atoms with Crippen molar-refractivity contribution in [2.75, 3.05) is 0 Å². The maximum atomic E-state index is 5.84. The third-order valence-corrected chi connectivity index (χ3v) is 3.36. The van der Waals surface area contributed by atoms with Gasteiger partial charge in [0.25, 0.3) is 0 Å². The molecule has 0 saturated carbocycles. The average Bonchev–Trinajstić information content (AvgIpc) is 2.34. The Morgan fingerprint density at radius 2 is 1.85 bits per heavy atom. The molecule has 1 aliphatic rings. The van der Waals surface area contributed by atoms with Crippen molar-refractivity contribution in [1.82, 2.24) is 0 Å². The molecule has 4 atom stereocenters. The zero-order valence-corrected chi connectivity index (χ0v) is 9.12. The second-order valence-corrected chi connectivity index (χ2v) is 4.35. The molecule has 13 heavy (non-hydrogen) atoms. The van der Waals surface area contributed by atoms with Crippen molar-refractivity contribution in [1.29, 1.82) is 0 Å². The van der Waals surface area contributed by atoms with E-state index in [9.17, 15) is 0 Å². The van der Waals surface area contributed by atoms with Gasteiger partial charge in [-0.05, 0) is 18.3 Å². The minimum Gasteiger partial charge on any atom is -0.384 e. The van der Waals surface area contributed by atoms with Gasteiger partial charge in [0.2, 0.25) is 0 Å². The second kappa shape index (κ2) is 5.04. The van der Waals surface area contributed by atoms with E-state index >= 15 is 0 Å². The quantitative estimate of drug-likeness (QED) is 0.477. The first-order valence-corrected chi connectivity index (χ1v) is 5.57. The van der Waals surface area contributed by atoms with E-state index < -0.39 is 0 Å². The van der Waals surface area contributed by atoms with Crippen LogP contribution in [-0.2, 0) is 4.74 Å². The van der Waals surface area contributed by atoms with Gasteiger partial charge in [-0.1, -0.05) is 40.0 Å². The maximum Gasteiger partial charge on any atom is 0.109 e. The van der Waals surface area contributed by atoms with Crippen molar-refractivity contribution in [2.45, 2.75) is 58.6 Å². The topological polar surface area (TPSA) is 9.23 Å². The summed E-state index contributed by atoms with van der Waals surface area (Å²) >= 11 is 0. The molecule has 4 unspecified atom stereocenters. The van der Waals surface area contributed by atoms with E-state index in [0.717, 1.165) is 0 Å². The molecule has 1 fully saturated rings. The maximum absolute atomic E-state index is 5.84. The van der Waals surface area contributed by atoms with Crippen LogP contribution in [-0.4, -0.2) is 20.0 Å². The van der Waals surface area contributed by atoms with Crippen molar-refractivity contribution in [3.63, 3.8) is 0 Å². The van der Waals surface area contributed by atoms with Gasteiger partial charge in [0.15, 0.2) is 0 Å². The van der Waals surface area contributed by atoms with E-state index in [2.05, 4.69) is 20.8 Å². The summed E-state index contributed by atoms with van der Waals surface area (Å²) in [5, 5.41) is 0. The van der Waals surface area contributed by atoms with Gasteiger partial charge in [-0.25, -0.2) is 0 Å². The van der Waals surface area contributed by atoms with Gasteiger partial charge < -0.3 is 4.74 Å². The number of hydrogen-bond donors (Lipinski definition) is 0. The van der Waals surface area contributed by atoms with Crippen molar-refractivity contribution in [2.24, 2.45) is 11.8 Å². The fourth-order valence-corrected chi connectivity index (χ4v) is 2.01. The fourth-order valence-electron chi connectivity index (χ4n) is 2.01. The third-order valence-electron chi connectivity index (χ3n) is 3.36. The Hall–Kier alpha value is 0.0249. The summed E-state index contributed by atoms with van der Waals surface area (Å²) in [5.74, 6) is 1.15. The van der Waals surface area contributed by atoms with E-state index in [1.807, 2.05) is 0 Å². The summed E-state index contributed by atoms with van der Waals surface area (Å²) in [6.07, 6.45) is 5.48. The highest BCUT2D eigenvalue weighted by atomic mass is 16.5. The molecule has 1 heterocycles.